The van der Waals surface area contributed by atoms with E-state index >= 15 is 0 Å². The van der Waals surface area contributed by atoms with Crippen molar-refractivity contribution in [2.45, 2.75) is 45.6 Å². The number of nitrogens with zero attached hydrogens (tertiary/aromatic N) is 4. The zero-order valence-electron chi connectivity index (χ0n) is 21.5. The second kappa shape index (κ2) is 10.6. The molecular weight excluding hydrogens is 506 g/mol. The number of rotatable bonds is 9. The largest absolute Gasteiger partial charge is 0.493 e. The molecule has 0 atom stereocenters. The minimum atomic E-state index is -4.10. The molecule has 0 aliphatic carbocycles. The molecule has 3 aromatic carbocycles. The number of hydrogen-bond donors (Lipinski definition) is 2. The predicted molar refractivity (Wildman–Crippen MR) is 147 cm³/mol. The molecule has 1 aromatic heterocycles. The van der Waals surface area contributed by atoms with Crippen LogP contribution >= 0.6 is 0 Å². The molecule has 2 N–H and O–H groups in total. The normalized spacial score (nSPS) is 12.0. The van der Waals surface area contributed by atoms with Gasteiger partial charge in [-0.3, -0.25) is 14.8 Å². The first-order valence-electron chi connectivity index (χ1n) is 12.1. The van der Waals surface area contributed by atoms with E-state index in [4.69, 9.17) is 0 Å². The smallest absolute Gasteiger partial charge is 0.298 e. The fourth-order valence-electron chi connectivity index (χ4n) is 4.12. The van der Waals surface area contributed by atoms with E-state index in [-0.39, 0.29) is 22.2 Å². The van der Waals surface area contributed by atoms with Crippen LogP contribution in [0.1, 0.15) is 31.4 Å². The Bertz CT molecular complexity index is 1660. The molecule has 38 heavy (non-hydrogen) atoms. The van der Waals surface area contributed by atoms with Gasteiger partial charge in [-0.05, 0) is 56.0 Å². The van der Waals surface area contributed by atoms with Crippen LogP contribution in [0.25, 0.3) is 10.9 Å². The van der Waals surface area contributed by atoms with Crippen LogP contribution in [0.4, 0.5) is 22.7 Å². The topological polar surface area (TPSA) is 139 Å². The lowest BCUT2D eigenvalue weighted by Gasteiger charge is -2.11. The predicted octanol–water partition coefficient (Wildman–Crippen LogP) is 7.13. The first-order valence-corrected chi connectivity index (χ1v) is 13.6. The van der Waals surface area contributed by atoms with Gasteiger partial charge in [0.15, 0.2) is 11.4 Å². The third kappa shape index (κ3) is 5.52. The Morgan fingerprint density at radius 1 is 1.05 bits per heavy atom. The summed E-state index contributed by atoms with van der Waals surface area (Å²) in [5.74, 6) is 0.331. The van der Waals surface area contributed by atoms with E-state index in [1.807, 2.05) is 25.1 Å². The summed E-state index contributed by atoms with van der Waals surface area (Å²) < 4.78 is 30.2. The van der Waals surface area contributed by atoms with Crippen LogP contribution in [0.5, 0.6) is 5.88 Å². The van der Waals surface area contributed by atoms with Crippen molar-refractivity contribution in [1.82, 2.24) is 4.57 Å². The molecule has 0 saturated heterocycles. The summed E-state index contributed by atoms with van der Waals surface area (Å²) >= 11 is 0. The van der Waals surface area contributed by atoms with Crippen LogP contribution in [0.2, 0.25) is 0 Å². The van der Waals surface area contributed by atoms with E-state index in [9.17, 15) is 23.6 Å². The van der Waals surface area contributed by atoms with Crippen LogP contribution in [-0.2, 0) is 16.6 Å². The average molecular weight is 536 g/mol. The number of anilines is 1. The highest BCUT2D eigenvalue weighted by molar-refractivity contribution is 7.92. The lowest BCUT2D eigenvalue weighted by atomic mass is 10.1. The Hall–Kier alpha value is -4.25. The third-order valence-corrected chi connectivity index (χ3v) is 7.55. The molecule has 11 heteroatoms. The van der Waals surface area contributed by atoms with E-state index in [2.05, 4.69) is 28.8 Å². The molecule has 0 saturated carbocycles. The summed E-state index contributed by atoms with van der Waals surface area (Å²) in [6.45, 7) is 8.41. The summed E-state index contributed by atoms with van der Waals surface area (Å²) in [7, 11) is -4.10. The van der Waals surface area contributed by atoms with Crippen molar-refractivity contribution in [1.29, 1.82) is 0 Å². The number of benzene rings is 3. The number of para-hydroxylation sites is 1. The molecule has 0 aliphatic rings. The Morgan fingerprint density at radius 2 is 1.79 bits per heavy atom. The van der Waals surface area contributed by atoms with Crippen LogP contribution in [0.15, 0.2) is 75.8 Å². The van der Waals surface area contributed by atoms with E-state index in [0.717, 1.165) is 29.1 Å². The lowest BCUT2D eigenvalue weighted by Crippen LogP contribution is -2.14. The zero-order valence-corrected chi connectivity index (χ0v) is 22.4. The number of nitro groups is 1. The van der Waals surface area contributed by atoms with Crippen molar-refractivity contribution >= 4 is 43.7 Å². The van der Waals surface area contributed by atoms with Crippen LogP contribution in [0, 0.1) is 29.9 Å². The maximum absolute atomic E-state index is 13.0. The Kier molecular flexibility index (Phi) is 7.49. The van der Waals surface area contributed by atoms with E-state index in [1.165, 1.54) is 12.1 Å². The molecule has 0 unspecified atom stereocenters. The molecule has 10 nitrogen and oxygen atoms in total. The number of hydrogen-bond acceptors (Lipinski definition) is 7. The quantitative estimate of drug-likeness (QED) is 0.133. The highest BCUT2D eigenvalue weighted by atomic mass is 32.2. The molecule has 0 fully saturated rings. The monoisotopic (exact) mass is 535 g/mol. The molecule has 1 heterocycles. The van der Waals surface area contributed by atoms with E-state index in [1.54, 1.807) is 35.8 Å². The standard InChI is InChI=1S/C27H29N5O5S/c1-17(2)13-14-31-24-8-6-5-7-21(24)26(27(31)33)29-28-23-12-10-20(16-25(23)32(34)35)38(36,37)30-22-11-9-18(3)15-19(22)4/h5-12,15-17,30,33H,13-14H2,1-4H3. The van der Waals surface area contributed by atoms with Gasteiger partial charge in [0.25, 0.3) is 15.7 Å². The molecule has 4 rings (SSSR count). The fraction of sp³-hybridized carbons (Fsp3) is 0.259. The number of fused-ring (bicyclic) bond motifs is 1. The van der Waals surface area contributed by atoms with Crippen molar-refractivity contribution in [3.8, 4) is 5.88 Å². The molecule has 0 radical (unpaired) electrons. The van der Waals surface area contributed by atoms with Gasteiger partial charge in [0, 0.05) is 18.0 Å². The van der Waals surface area contributed by atoms with Gasteiger partial charge in [0.2, 0.25) is 5.88 Å². The van der Waals surface area contributed by atoms with Gasteiger partial charge in [0.05, 0.1) is 21.0 Å². The van der Waals surface area contributed by atoms with Gasteiger partial charge in [-0.1, -0.05) is 49.7 Å². The summed E-state index contributed by atoms with van der Waals surface area (Å²) in [5.41, 5.74) is 2.37. The molecule has 198 valence electrons. The number of aryl methyl sites for hydroxylation is 3. The summed E-state index contributed by atoms with van der Waals surface area (Å²) in [6.07, 6.45) is 0.834. The maximum Gasteiger partial charge on any atom is 0.298 e. The Balaban J connectivity index is 1.70. The minimum absolute atomic E-state index is 0.0879. The van der Waals surface area contributed by atoms with Crippen molar-refractivity contribution in [2.75, 3.05) is 4.72 Å². The Morgan fingerprint density at radius 3 is 2.47 bits per heavy atom. The van der Waals surface area contributed by atoms with Gasteiger partial charge in [-0.25, -0.2) is 8.42 Å². The second-order valence-electron chi connectivity index (χ2n) is 9.56. The molecular formula is C27H29N5O5S. The lowest BCUT2D eigenvalue weighted by molar-refractivity contribution is -0.384. The number of nitrogens with one attached hydrogen (secondary N) is 1. The number of azo groups is 1. The number of nitro benzene ring substituents is 1. The average Bonchev–Trinajstić information content (AvgIpc) is 3.13. The van der Waals surface area contributed by atoms with Gasteiger partial charge in [-0.15, -0.1) is 10.2 Å². The van der Waals surface area contributed by atoms with Gasteiger partial charge >= 0.3 is 0 Å². The molecule has 0 bridgehead atoms. The van der Waals surface area contributed by atoms with Gasteiger partial charge in [0.1, 0.15) is 0 Å². The SMILES string of the molecule is Cc1ccc(NS(=O)(=O)c2ccc(N=Nc3c(O)n(CCC(C)C)c4ccccc34)c([N+](=O)[O-])c2)c(C)c1. The highest BCUT2D eigenvalue weighted by Gasteiger charge is 2.23. The Labute approximate surface area is 220 Å². The van der Waals surface area contributed by atoms with Crippen molar-refractivity contribution < 1.29 is 18.4 Å². The molecule has 0 amide bonds. The number of aromatic nitrogens is 1. The molecule has 0 aliphatic heterocycles. The highest BCUT2D eigenvalue weighted by Crippen LogP contribution is 2.41. The van der Waals surface area contributed by atoms with Crippen molar-refractivity contribution in [3.05, 3.63) is 81.9 Å². The van der Waals surface area contributed by atoms with Crippen molar-refractivity contribution in [2.24, 2.45) is 16.1 Å². The number of sulfonamides is 1. The van der Waals surface area contributed by atoms with Crippen LogP contribution in [-0.4, -0.2) is 23.0 Å². The second-order valence-corrected chi connectivity index (χ2v) is 11.2. The zero-order chi connectivity index (χ0) is 27.6. The van der Waals surface area contributed by atoms with E-state index < -0.39 is 20.6 Å². The fourth-order valence-corrected chi connectivity index (χ4v) is 5.27. The molecule has 0 spiro atoms. The maximum atomic E-state index is 13.0. The molecule has 4 aromatic rings. The number of aromatic hydroxyl groups is 1. The summed E-state index contributed by atoms with van der Waals surface area (Å²) in [4.78, 5) is 10.8. The minimum Gasteiger partial charge on any atom is -0.493 e. The third-order valence-electron chi connectivity index (χ3n) is 6.19. The van der Waals surface area contributed by atoms with Crippen LogP contribution < -0.4 is 4.72 Å². The summed E-state index contributed by atoms with van der Waals surface area (Å²) in [5, 5.41) is 31.6. The van der Waals surface area contributed by atoms with Gasteiger partial charge < -0.3 is 9.67 Å². The first kappa shape index (κ1) is 26.8. The van der Waals surface area contributed by atoms with Gasteiger partial charge in [-0.2, -0.15) is 0 Å². The van der Waals surface area contributed by atoms with E-state index in [0.29, 0.717) is 23.5 Å². The summed E-state index contributed by atoms with van der Waals surface area (Å²) in [6, 6.07) is 16.0. The first-order chi connectivity index (χ1) is 18.0. The van der Waals surface area contributed by atoms with Crippen molar-refractivity contribution in [3.63, 3.8) is 0 Å². The van der Waals surface area contributed by atoms with Crippen LogP contribution in [0.3, 0.4) is 0 Å².